The summed E-state index contributed by atoms with van der Waals surface area (Å²) in [5, 5.41) is 3.72. The highest BCUT2D eigenvalue weighted by molar-refractivity contribution is 7.89. The number of aromatic nitrogens is 1. The topological polar surface area (TPSA) is 99.3 Å². The number of H-pyrrole nitrogens is 1. The number of benzene rings is 2. The summed E-state index contributed by atoms with van der Waals surface area (Å²) in [6.45, 7) is 1.48. The van der Waals surface area contributed by atoms with Crippen molar-refractivity contribution in [2.75, 3.05) is 18.9 Å². The minimum atomic E-state index is -3.89. The number of amides is 1. The molecule has 9 heteroatoms. The maximum Gasteiger partial charge on any atom is 0.248 e. The van der Waals surface area contributed by atoms with Crippen molar-refractivity contribution in [1.29, 1.82) is 0 Å². The van der Waals surface area contributed by atoms with Crippen LogP contribution in [-0.2, 0) is 14.8 Å². The smallest absolute Gasteiger partial charge is 0.248 e. The van der Waals surface area contributed by atoms with Crippen molar-refractivity contribution in [2.45, 2.75) is 11.8 Å². The number of aromatic amines is 1. The molecule has 0 saturated heterocycles. The van der Waals surface area contributed by atoms with E-state index in [1.165, 1.54) is 31.3 Å². The number of hydrogen-bond donors (Lipinski definition) is 2. The molecule has 1 aromatic heterocycles. The van der Waals surface area contributed by atoms with Gasteiger partial charge in [0.15, 0.2) is 0 Å². The molecule has 146 valence electrons. The van der Waals surface area contributed by atoms with E-state index in [0.717, 1.165) is 9.87 Å². The van der Waals surface area contributed by atoms with Crippen molar-refractivity contribution in [2.24, 2.45) is 0 Å². The zero-order valence-electron chi connectivity index (χ0n) is 15.2. The van der Waals surface area contributed by atoms with Crippen LogP contribution >= 0.6 is 11.6 Å². The normalized spacial score (nSPS) is 11.7. The van der Waals surface area contributed by atoms with Gasteiger partial charge < -0.3 is 10.3 Å². The molecule has 1 amide bonds. The molecule has 2 aromatic carbocycles. The Bertz CT molecular complexity index is 1220. The van der Waals surface area contributed by atoms with E-state index in [2.05, 4.69) is 10.3 Å². The Balaban J connectivity index is 1.77. The number of sulfonamides is 1. The number of carbonyl (C=O) groups excluding carboxylic acids is 1. The molecule has 0 bridgehead atoms. The van der Waals surface area contributed by atoms with Crippen LogP contribution in [0, 0.1) is 6.92 Å². The molecule has 0 aliphatic carbocycles. The van der Waals surface area contributed by atoms with E-state index < -0.39 is 15.9 Å². The molecule has 0 radical (unpaired) electrons. The van der Waals surface area contributed by atoms with Crippen LogP contribution in [0.4, 0.5) is 5.69 Å². The number of nitrogens with zero attached hydrogens (tertiary/aromatic N) is 1. The van der Waals surface area contributed by atoms with Gasteiger partial charge in [-0.15, -0.1) is 0 Å². The maximum atomic E-state index is 12.8. The van der Waals surface area contributed by atoms with E-state index in [1.807, 2.05) is 6.92 Å². The van der Waals surface area contributed by atoms with E-state index in [-0.39, 0.29) is 17.0 Å². The monoisotopic (exact) mass is 419 g/mol. The molecule has 3 aromatic rings. The largest absolute Gasteiger partial charge is 0.325 e. The number of nitrogens with one attached hydrogen (secondary N) is 2. The standard InChI is InChI=1S/C19H18ClN3O4S/c1-12-3-5-14(10-16(12)20)21-19(25)11-23(2)28(26,27)15-6-7-17-13(9-15)4-8-18(24)22-17/h3-10H,11H2,1-2H3,(H,21,25)(H,22,24). The summed E-state index contributed by atoms with van der Waals surface area (Å²) < 4.78 is 26.5. The van der Waals surface area contributed by atoms with Gasteiger partial charge in [0.05, 0.1) is 11.4 Å². The molecule has 0 fully saturated rings. The van der Waals surface area contributed by atoms with Crippen LogP contribution in [0.15, 0.2) is 58.2 Å². The Morgan fingerprint density at radius 3 is 2.61 bits per heavy atom. The number of hydrogen-bond acceptors (Lipinski definition) is 4. The van der Waals surface area contributed by atoms with E-state index in [0.29, 0.717) is 21.6 Å². The number of anilines is 1. The minimum absolute atomic E-state index is 0.0285. The maximum absolute atomic E-state index is 12.8. The van der Waals surface area contributed by atoms with Gasteiger partial charge in [-0.05, 0) is 54.3 Å². The first-order valence-electron chi connectivity index (χ1n) is 8.32. The fourth-order valence-corrected chi connectivity index (χ4v) is 3.97. The SMILES string of the molecule is Cc1ccc(NC(=O)CN(C)S(=O)(=O)c2ccc3[nH]c(=O)ccc3c2)cc1Cl. The Labute approximate surface area is 167 Å². The third-order valence-corrected chi connectivity index (χ3v) is 6.43. The molecule has 0 spiro atoms. The highest BCUT2D eigenvalue weighted by atomic mass is 35.5. The fourth-order valence-electron chi connectivity index (χ4n) is 2.63. The average molecular weight is 420 g/mol. The quantitative estimate of drug-likeness (QED) is 0.664. The zero-order chi connectivity index (χ0) is 20.5. The molecule has 0 atom stereocenters. The molecule has 3 rings (SSSR count). The molecule has 0 saturated carbocycles. The second-order valence-electron chi connectivity index (χ2n) is 6.34. The van der Waals surface area contributed by atoms with Crippen LogP contribution in [0.3, 0.4) is 0 Å². The molecular weight excluding hydrogens is 402 g/mol. The minimum Gasteiger partial charge on any atom is -0.325 e. The van der Waals surface area contributed by atoms with Crippen molar-refractivity contribution in [3.8, 4) is 0 Å². The van der Waals surface area contributed by atoms with Crippen LogP contribution in [-0.4, -0.2) is 37.2 Å². The fraction of sp³-hybridized carbons (Fsp3) is 0.158. The second kappa shape index (κ2) is 7.75. The molecule has 28 heavy (non-hydrogen) atoms. The van der Waals surface area contributed by atoms with Gasteiger partial charge in [-0.1, -0.05) is 17.7 Å². The molecule has 1 heterocycles. The summed E-state index contributed by atoms with van der Waals surface area (Å²) in [4.78, 5) is 26.3. The number of likely N-dealkylation sites (N-methyl/N-ethyl adjacent to an activating group) is 1. The predicted octanol–water partition coefficient (Wildman–Crippen LogP) is 2.75. The summed E-state index contributed by atoms with van der Waals surface area (Å²) >= 11 is 6.03. The lowest BCUT2D eigenvalue weighted by Crippen LogP contribution is -2.35. The highest BCUT2D eigenvalue weighted by Gasteiger charge is 2.23. The molecule has 0 aliphatic heterocycles. The van der Waals surface area contributed by atoms with Gasteiger partial charge in [-0.25, -0.2) is 8.42 Å². The third kappa shape index (κ3) is 4.24. The van der Waals surface area contributed by atoms with Gasteiger partial charge in [0.2, 0.25) is 21.5 Å². The van der Waals surface area contributed by atoms with Crippen molar-refractivity contribution in [3.63, 3.8) is 0 Å². The highest BCUT2D eigenvalue weighted by Crippen LogP contribution is 2.21. The first-order chi connectivity index (χ1) is 13.2. The van der Waals surface area contributed by atoms with Gasteiger partial charge in [-0.3, -0.25) is 9.59 Å². The number of halogens is 1. The number of fused-ring (bicyclic) bond motifs is 1. The summed E-state index contributed by atoms with van der Waals surface area (Å²) in [6.07, 6.45) is 0. The van der Waals surface area contributed by atoms with Crippen molar-refractivity contribution >= 4 is 44.1 Å². The van der Waals surface area contributed by atoms with Gasteiger partial charge in [0.1, 0.15) is 0 Å². The second-order valence-corrected chi connectivity index (χ2v) is 8.80. The van der Waals surface area contributed by atoms with Crippen molar-refractivity contribution in [1.82, 2.24) is 9.29 Å². The molecule has 0 unspecified atom stereocenters. The van der Waals surface area contributed by atoms with Gasteiger partial charge in [0.25, 0.3) is 0 Å². The predicted molar refractivity (Wildman–Crippen MR) is 109 cm³/mol. The first kappa shape index (κ1) is 20.1. The summed E-state index contributed by atoms with van der Waals surface area (Å²) in [7, 11) is -2.56. The van der Waals surface area contributed by atoms with Crippen LogP contribution in [0.2, 0.25) is 5.02 Å². The van der Waals surface area contributed by atoms with Crippen LogP contribution in [0.1, 0.15) is 5.56 Å². The van der Waals surface area contributed by atoms with E-state index in [1.54, 1.807) is 24.3 Å². The Morgan fingerprint density at radius 1 is 1.14 bits per heavy atom. The lowest BCUT2D eigenvalue weighted by atomic mass is 10.2. The molecule has 2 N–H and O–H groups in total. The first-order valence-corrected chi connectivity index (χ1v) is 10.1. The third-order valence-electron chi connectivity index (χ3n) is 4.23. The summed E-state index contributed by atoms with van der Waals surface area (Å²) in [6, 6.07) is 12.3. The van der Waals surface area contributed by atoms with E-state index >= 15 is 0 Å². The number of carbonyl (C=O) groups is 1. The number of aryl methyl sites for hydroxylation is 1. The number of rotatable bonds is 5. The van der Waals surface area contributed by atoms with Crippen LogP contribution < -0.4 is 10.9 Å². The van der Waals surface area contributed by atoms with Crippen molar-refractivity contribution < 1.29 is 13.2 Å². The van der Waals surface area contributed by atoms with Crippen LogP contribution in [0.5, 0.6) is 0 Å². The molecule has 0 aliphatic rings. The van der Waals surface area contributed by atoms with Gasteiger partial charge >= 0.3 is 0 Å². The van der Waals surface area contributed by atoms with Crippen molar-refractivity contribution in [3.05, 3.63) is 69.5 Å². The zero-order valence-corrected chi connectivity index (χ0v) is 16.8. The summed E-state index contributed by atoms with van der Waals surface area (Å²) in [5.74, 6) is -0.490. The summed E-state index contributed by atoms with van der Waals surface area (Å²) in [5.41, 5.74) is 1.62. The Morgan fingerprint density at radius 2 is 1.89 bits per heavy atom. The Kier molecular flexibility index (Phi) is 5.55. The average Bonchev–Trinajstić information content (AvgIpc) is 2.64. The number of pyridine rings is 1. The molecule has 7 nitrogen and oxygen atoms in total. The Hall–Kier alpha value is -2.68. The van der Waals surface area contributed by atoms with Gasteiger partial charge in [0, 0.05) is 29.3 Å². The molecular formula is C19H18ClN3O4S. The van der Waals surface area contributed by atoms with E-state index in [4.69, 9.17) is 11.6 Å². The van der Waals surface area contributed by atoms with Gasteiger partial charge in [-0.2, -0.15) is 4.31 Å². The van der Waals surface area contributed by atoms with E-state index in [9.17, 15) is 18.0 Å². The lowest BCUT2D eigenvalue weighted by molar-refractivity contribution is -0.116. The van der Waals surface area contributed by atoms with Crippen LogP contribution in [0.25, 0.3) is 10.9 Å². The lowest BCUT2D eigenvalue weighted by Gasteiger charge is -2.17.